The Morgan fingerprint density at radius 3 is 2.24 bits per heavy atom. The maximum atomic E-state index is 12.9. The quantitative estimate of drug-likeness (QED) is 0.523. The van der Waals surface area contributed by atoms with Crippen LogP contribution in [-0.4, -0.2) is 74.2 Å². The topological polar surface area (TPSA) is 114 Å². The Hall–Kier alpha value is -3.21. The Morgan fingerprint density at radius 1 is 0.939 bits per heavy atom. The summed E-state index contributed by atoms with van der Waals surface area (Å²) >= 11 is 6.24. The van der Waals surface area contributed by atoms with Crippen molar-refractivity contribution in [1.82, 2.24) is 4.90 Å². The molecule has 0 saturated carbocycles. The molecule has 0 spiro atoms. The zero-order valence-electron chi connectivity index (χ0n) is 17.8. The maximum Gasteiger partial charge on any atom is 0.293 e. The molecule has 2 saturated heterocycles. The van der Waals surface area contributed by atoms with Crippen LogP contribution in [0.3, 0.4) is 0 Å². The van der Waals surface area contributed by atoms with Crippen LogP contribution >= 0.6 is 11.6 Å². The number of carbonyl (C=O) groups excluding carboxylic acids is 2. The molecule has 11 heteroatoms. The summed E-state index contributed by atoms with van der Waals surface area (Å²) in [7, 11) is 0. The van der Waals surface area contributed by atoms with E-state index in [1.165, 1.54) is 24.3 Å². The first-order valence-electron chi connectivity index (χ1n) is 10.5. The number of nitro groups is 1. The highest BCUT2D eigenvalue weighted by Crippen LogP contribution is 2.31. The van der Waals surface area contributed by atoms with E-state index in [0.29, 0.717) is 63.9 Å². The van der Waals surface area contributed by atoms with E-state index in [0.717, 1.165) is 0 Å². The van der Waals surface area contributed by atoms with Crippen molar-refractivity contribution in [3.05, 3.63) is 62.7 Å². The molecule has 33 heavy (non-hydrogen) atoms. The minimum atomic E-state index is -0.565. The van der Waals surface area contributed by atoms with Gasteiger partial charge in [-0.1, -0.05) is 11.6 Å². The lowest BCUT2D eigenvalue weighted by molar-refractivity contribution is -0.384. The van der Waals surface area contributed by atoms with Crippen molar-refractivity contribution in [1.29, 1.82) is 0 Å². The van der Waals surface area contributed by atoms with Gasteiger partial charge in [-0.3, -0.25) is 19.7 Å². The Morgan fingerprint density at radius 2 is 1.58 bits per heavy atom. The number of nitrogens with zero attached hydrogens (tertiary/aromatic N) is 3. The highest BCUT2D eigenvalue weighted by molar-refractivity contribution is 6.34. The molecular weight excluding hydrogens is 452 g/mol. The van der Waals surface area contributed by atoms with Gasteiger partial charge in [-0.2, -0.15) is 0 Å². The van der Waals surface area contributed by atoms with Gasteiger partial charge in [-0.15, -0.1) is 0 Å². The summed E-state index contributed by atoms with van der Waals surface area (Å²) in [5.41, 5.74) is 1.02. The van der Waals surface area contributed by atoms with E-state index in [1.807, 2.05) is 4.90 Å². The molecule has 10 nitrogen and oxygen atoms in total. The number of halogens is 1. The molecule has 0 bridgehead atoms. The van der Waals surface area contributed by atoms with Crippen molar-refractivity contribution in [3.8, 4) is 0 Å². The van der Waals surface area contributed by atoms with Crippen molar-refractivity contribution in [2.45, 2.75) is 0 Å². The van der Waals surface area contributed by atoms with E-state index < -0.39 is 10.8 Å². The van der Waals surface area contributed by atoms with E-state index in [-0.39, 0.29) is 27.9 Å². The summed E-state index contributed by atoms with van der Waals surface area (Å²) in [5.74, 6) is -0.750. The molecule has 2 heterocycles. The summed E-state index contributed by atoms with van der Waals surface area (Å²) in [4.78, 5) is 40.3. The third-order valence-electron chi connectivity index (χ3n) is 5.55. The molecule has 2 aromatic rings. The Kier molecular flexibility index (Phi) is 7.07. The van der Waals surface area contributed by atoms with Crippen LogP contribution in [0.15, 0.2) is 36.4 Å². The summed E-state index contributed by atoms with van der Waals surface area (Å²) in [6.45, 7) is 3.96. The number of amides is 2. The molecule has 1 N–H and O–H groups in total. The first-order chi connectivity index (χ1) is 15.9. The first kappa shape index (κ1) is 23.0. The highest BCUT2D eigenvalue weighted by atomic mass is 35.5. The molecular formula is C22H23ClN4O6. The van der Waals surface area contributed by atoms with Crippen molar-refractivity contribution in [3.63, 3.8) is 0 Å². The SMILES string of the molecule is O=C(Nc1cc(C(=O)N2CCOCC2)ccc1Cl)c1ccc(N2CCOCC2)c([N+](=O)[O-])c1. The van der Waals surface area contributed by atoms with Gasteiger partial charge in [0.05, 0.1) is 42.1 Å². The molecule has 2 amide bonds. The number of nitrogens with one attached hydrogen (secondary N) is 1. The number of nitro benzene ring substituents is 1. The number of carbonyl (C=O) groups is 2. The molecule has 4 rings (SSSR count). The number of morpholine rings is 2. The van der Waals surface area contributed by atoms with Crippen LogP contribution in [0.5, 0.6) is 0 Å². The van der Waals surface area contributed by atoms with Gasteiger partial charge in [0.25, 0.3) is 17.5 Å². The molecule has 2 aliphatic rings. The van der Waals surface area contributed by atoms with E-state index in [9.17, 15) is 19.7 Å². The lowest BCUT2D eigenvalue weighted by Crippen LogP contribution is -2.40. The average Bonchev–Trinajstić information content (AvgIpc) is 2.85. The van der Waals surface area contributed by atoms with Gasteiger partial charge in [0.15, 0.2) is 0 Å². The van der Waals surface area contributed by atoms with Crippen molar-refractivity contribution in [2.75, 3.05) is 62.8 Å². The van der Waals surface area contributed by atoms with Gasteiger partial charge in [-0.25, -0.2) is 0 Å². The minimum absolute atomic E-state index is 0.111. The van der Waals surface area contributed by atoms with Crippen LogP contribution in [0.2, 0.25) is 5.02 Å². The van der Waals surface area contributed by atoms with Crippen molar-refractivity contribution in [2.24, 2.45) is 0 Å². The summed E-state index contributed by atoms with van der Waals surface area (Å²) in [6.07, 6.45) is 0. The molecule has 0 aromatic heterocycles. The van der Waals surface area contributed by atoms with E-state index >= 15 is 0 Å². The monoisotopic (exact) mass is 474 g/mol. The molecule has 2 fully saturated rings. The molecule has 0 aliphatic carbocycles. The molecule has 0 unspecified atom stereocenters. The summed E-state index contributed by atoms with van der Waals surface area (Å²) in [6, 6.07) is 8.99. The fourth-order valence-corrected chi connectivity index (χ4v) is 3.94. The van der Waals surface area contributed by atoms with E-state index in [1.54, 1.807) is 17.0 Å². The van der Waals surface area contributed by atoms with Crippen LogP contribution < -0.4 is 10.2 Å². The van der Waals surface area contributed by atoms with Crippen LogP contribution in [0.1, 0.15) is 20.7 Å². The number of hydrogen-bond donors (Lipinski definition) is 1. The predicted molar refractivity (Wildman–Crippen MR) is 122 cm³/mol. The lowest BCUT2D eigenvalue weighted by Gasteiger charge is -2.28. The maximum absolute atomic E-state index is 12.9. The zero-order chi connectivity index (χ0) is 23.4. The third kappa shape index (κ3) is 5.24. The van der Waals surface area contributed by atoms with Gasteiger partial charge >= 0.3 is 0 Å². The number of ether oxygens (including phenoxy) is 2. The standard InChI is InChI=1S/C22H23ClN4O6/c23-17-3-1-16(22(29)26-7-11-33-12-8-26)13-18(17)24-21(28)15-2-4-19(20(14-15)27(30)31)25-5-9-32-10-6-25/h1-4,13-14H,5-12H2,(H,24,28). The normalized spacial score (nSPS) is 16.4. The van der Waals surface area contributed by atoms with E-state index in [2.05, 4.69) is 5.32 Å². The second kappa shape index (κ2) is 10.2. The summed E-state index contributed by atoms with van der Waals surface area (Å²) in [5, 5.41) is 14.6. The third-order valence-corrected chi connectivity index (χ3v) is 5.88. The Bertz CT molecular complexity index is 1070. The second-order valence-electron chi connectivity index (χ2n) is 7.61. The van der Waals surface area contributed by atoms with Crippen LogP contribution in [0, 0.1) is 10.1 Å². The Balaban J connectivity index is 1.54. The predicted octanol–water partition coefficient (Wildman–Crippen LogP) is 2.81. The molecule has 0 atom stereocenters. The molecule has 2 aromatic carbocycles. The van der Waals surface area contributed by atoms with E-state index in [4.69, 9.17) is 21.1 Å². The van der Waals surface area contributed by atoms with Crippen LogP contribution in [0.25, 0.3) is 0 Å². The molecule has 0 radical (unpaired) electrons. The fourth-order valence-electron chi connectivity index (χ4n) is 3.78. The van der Waals surface area contributed by atoms with Gasteiger partial charge in [0.1, 0.15) is 5.69 Å². The largest absolute Gasteiger partial charge is 0.378 e. The zero-order valence-corrected chi connectivity index (χ0v) is 18.5. The van der Waals surface area contributed by atoms with Crippen LogP contribution in [0.4, 0.5) is 17.1 Å². The van der Waals surface area contributed by atoms with Crippen molar-refractivity contribution < 1.29 is 24.0 Å². The second-order valence-corrected chi connectivity index (χ2v) is 8.02. The summed E-state index contributed by atoms with van der Waals surface area (Å²) < 4.78 is 10.6. The smallest absolute Gasteiger partial charge is 0.293 e. The van der Waals surface area contributed by atoms with Gasteiger partial charge in [0.2, 0.25) is 0 Å². The van der Waals surface area contributed by atoms with Gasteiger partial charge < -0.3 is 24.6 Å². The fraction of sp³-hybridized carbons (Fsp3) is 0.364. The Labute approximate surface area is 195 Å². The van der Waals surface area contributed by atoms with Crippen molar-refractivity contribution >= 4 is 40.5 Å². The molecule has 174 valence electrons. The number of hydrogen-bond acceptors (Lipinski definition) is 7. The molecule has 2 aliphatic heterocycles. The average molecular weight is 475 g/mol. The minimum Gasteiger partial charge on any atom is -0.378 e. The number of rotatable bonds is 5. The lowest BCUT2D eigenvalue weighted by atomic mass is 10.1. The van der Waals surface area contributed by atoms with Gasteiger partial charge in [-0.05, 0) is 30.3 Å². The van der Waals surface area contributed by atoms with Gasteiger partial charge in [0, 0.05) is 43.4 Å². The first-order valence-corrected chi connectivity index (χ1v) is 10.9. The highest BCUT2D eigenvalue weighted by Gasteiger charge is 2.24. The number of anilines is 2. The number of benzene rings is 2. The van der Waals surface area contributed by atoms with Crippen LogP contribution in [-0.2, 0) is 9.47 Å².